The Morgan fingerprint density at radius 1 is 1.41 bits per heavy atom. The fourth-order valence-corrected chi connectivity index (χ4v) is 2.40. The second kappa shape index (κ2) is 6.70. The van der Waals surface area contributed by atoms with Crippen molar-refractivity contribution >= 4 is 12.1 Å². The summed E-state index contributed by atoms with van der Waals surface area (Å²) in [6, 6.07) is 0.677. The van der Waals surface area contributed by atoms with E-state index in [2.05, 4.69) is 28.3 Å². The summed E-state index contributed by atoms with van der Waals surface area (Å²) in [5, 5.41) is 3.63. The first-order valence-electron chi connectivity index (χ1n) is 6.91. The Morgan fingerprint density at radius 3 is 3.00 bits per heavy atom. The van der Waals surface area contributed by atoms with Crippen LogP contribution in [0.2, 0.25) is 0 Å². The van der Waals surface area contributed by atoms with Gasteiger partial charge in [-0.1, -0.05) is 32.3 Å². The quantitative estimate of drug-likeness (QED) is 0.778. The highest BCUT2D eigenvalue weighted by Gasteiger charge is 2.19. The molecule has 0 aromatic rings. The number of aliphatic imine (C=N–C) groups is 2. The van der Waals surface area contributed by atoms with Crippen molar-refractivity contribution in [2.45, 2.75) is 64.1 Å². The lowest BCUT2D eigenvalue weighted by atomic mass is 10.2. The highest BCUT2D eigenvalue weighted by Crippen LogP contribution is 2.19. The number of amidine groups is 1. The molecule has 2 rings (SSSR count). The normalized spacial score (nSPS) is 25.7. The van der Waals surface area contributed by atoms with Crippen molar-refractivity contribution in [2.24, 2.45) is 9.98 Å². The third kappa shape index (κ3) is 4.08. The molecular formula is C14H23N3. The Morgan fingerprint density at radius 2 is 2.24 bits per heavy atom. The van der Waals surface area contributed by atoms with Crippen LogP contribution in [0, 0.1) is 0 Å². The summed E-state index contributed by atoms with van der Waals surface area (Å²) < 4.78 is 0. The highest BCUT2D eigenvalue weighted by molar-refractivity contribution is 5.99. The molecule has 1 N–H and O–H groups in total. The van der Waals surface area contributed by atoms with Gasteiger partial charge < -0.3 is 0 Å². The highest BCUT2D eigenvalue weighted by atomic mass is 15.1. The molecule has 2 aliphatic rings. The van der Waals surface area contributed by atoms with Crippen LogP contribution in [-0.4, -0.2) is 24.3 Å². The Bertz CT molecular complexity index is 311. The maximum atomic E-state index is 4.64. The Labute approximate surface area is 104 Å². The molecule has 0 aromatic heterocycles. The van der Waals surface area contributed by atoms with Crippen molar-refractivity contribution < 1.29 is 0 Å². The summed E-state index contributed by atoms with van der Waals surface area (Å²) in [4.78, 5) is 8.96. The number of rotatable bonds is 5. The lowest BCUT2D eigenvalue weighted by Crippen LogP contribution is -2.37. The first-order chi connectivity index (χ1) is 8.38. The molecule has 0 radical (unpaired) electrons. The van der Waals surface area contributed by atoms with Crippen molar-refractivity contribution in [3.05, 3.63) is 12.2 Å². The molecule has 1 unspecified atom stereocenters. The van der Waals surface area contributed by atoms with Crippen LogP contribution >= 0.6 is 0 Å². The fourth-order valence-electron chi connectivity index (χ4n) is 2.40. The average molecular weight is 233 g/mol. The van der Waals surface area contributed by atoms with E-state index in [1.54, 1.807) is 0 Å². The molecule has 0 amide bonds. The SMILES string of the molecule is CCC/C=C/C1=NC(NC2CCCC2)CC=N1. The van der Waals surface area contributed by atoms with Crippen LogP contribution in [-0.2, 0) is 0 Å². The van der Waals surface area contributed by atoms with Crippen LogP contribution in [0.25, 0.3) is 0 Å². The first-order valence-corrected chi connectivity index (χ1v) is 6.91. The van der Waals surface area contributed by atoms with E-state index in [0.29, 0.717) is 6.04 Å². The topological polar surface area (TPSA) is 36.8 Å². The summed E-state index contributed by atoms with van der Waals surface area (Å²) in [5.74, 6) is 0.875. The maximum Gasteiger partial charge on any atom is 0.148 e. The van der Waals surface area contributed by atoms with E-state index in [0.717, 1.165) is 18.7 Å². The molecule has 3 heteroatoms. The van der Waals surface area contributed by atoms with E-state index in [-0.39, 0.29) is 6.17 Å². The van der Waals surface area contributed by atoms with Gasteiger partial charge in [-0.15, -0.1) is 0 Å². The fraction of sp³-hybridized carbons (Fsp3) is 0.714. The molecule has 0 aromatic carbocycles. The molecule has 94 valence electrons. The minimum atomic E-state index is 0.247. The predicted molar refractivity (Wildman–Crippen MR) is 73.8 cm³/mol. The van der Waals surface area contributed by atoms with Gasteiger partial charge in [-0.2, -0.15) is 0 Å². The van der Waals surface area contributed by atoms with Crippen LogP contribution in [0.3, 0.4) is 0 Å². The molecule has 0 saturated heterocycles. The lowest BCUT2D eigenvalue weighted by Gasteiger charge is -2.20. The molecule has 1 fully saturated rings. The van der Waals surface area contributed by atoms with E-state index in [9.17, 15) is 0 Å². The van der Waals surface area contributed by atoms with Crippen molar-refractivity contribution in [1.82, 2.24) is 5.32 Å². The zero-order valence-electron chi connectivity index (χ0n) is 10.7. The molecule has 1 atom stereocenters. The minimum Gasteiger partial charge on any atom is -0.293 e. The third-order valence-corrected chi connectivity index (χ3v) is 3.35. The van der Waals surface area contributed by atoms with Crippen molar-refractivity contribution in [2.75, 3.05) is 0 Å². The largest absolute Gasteiger partial charge is 0.293 e. The predicted octanol–water partition coefficient (Wildman–Crippen LogP) is 3.07. The third-order valence-electron chi connectivity index (χ3n) is 3.35. The number of hydrogen-bond donors (Lipinski definition) is 1. The van der Waals surface area contributed by atoms with Crippen molar-refractivity contribution in [3.8, 4) is 0 Å². The van der Waals surface area contributed by atoms with Gasteiger partial charge in [-0.3, -0.25) is 5.32 Å². The monoisotopic (exact) mass is 233 g/mol. The average Bonchev–Trinajstić information content (AvgIpc) is 2.83. The molecule has 1 aliphatic heterocycles. The van der Waals surface area contributed by atoms with Crippen LogP contribution in [0.15, 0.2) is 22.1 Å². The molecular weight excluding hydrogens is 210 g/mol. The standard InChI is InChI=1S/C14H23N3/c1-2-3-4-9-13-15-11-10-14(17-13)16-12-7-5-6-8-12/h4,9,11-12,14,16H,2-3,5-8,10H2,1H3/b9-4+. The molecule has 0 spiro atoms. The van der Waals surface area contributed by atoms with E-state index in [1.807, 2.05) is 12.3 Å². The first kappa shape index (κ1) is 12.5. The molecule has 1 heterocycles. The van der Waals surface area contributed by atoms with Crippen molar-refractivity contribution in [3.63, 3.8) is 0 Å². The Balaban J connectivity index is 1.84. The molecule has 17 heavy (non-hydrogen) atoms. The number of nitrogens with zero attached hydrogens (tertiary/aromatic N) is 2. The van der Waals surface area contributed by atoms with Gasteiger partial charge in [0.1, 0.15) is 12.0 Å². The van der Waals surface area contributed by atoms with Crippen LogP contribution in [0.1, 0.15) is 51.9 Å². The Kier molecular flexibility index (Phi) is 4.92. The lowest BCUT2D eigenvalue weighted by molar-refractivity contribution is 0.447. The molecule has 1 saturated carbocycles. The second-order valence-corrected chi connectivity index (χ2v) is 4.89. The van der Waals surface area contributed by atoms with Gasteiger partial charge in [0.05, 0.1) is 0 Å². The van der Waals surface area contributed by atoms with Gasteiger partial charge in [0.15, 0.2) is 0 Å². The molecule has 1 aliphatic carbocycles. The summed E-state index contributed by atoms with van der Waals surface area (Å²) >= 11 is 0. The van der Waals surface area contributed by atoms with E-state index in [4.69, 9.17) is 0 Å². The number of hydrogen-bond acceptors (Lipinski definition) is 3. The van der Waals surface area contributed by atoms with Gasteiger partial charge in [0.2, 0.25) is 0 Å². The number of allylic oxidation sites excluding steroid dienone is 1. The maximum absolute atomic E-state index is 4.64. The Hall–Kier alpha value is -0.960. The van der Waals surface area contributed by atoms with E-state index in [1.165, 1.54) is 32.1 Å². The van der Waals surface area contributed by atoms with Crippen LogP contribution in [0.4, 0.5) is 0 Å². The van der Waals surface area contributed by atoms with Gasteiger partial charge in [0.25, 0.3) is 0 Å². The van der Waals surface area contributed by atoms with E-state index >= 15 is 0 Å². The minimum absolute atomic E-state index is 0.247. The summed E-state index contributed by atoms with van der Waals surface area (Å²) in [5.41, 5.74) is 0. The second-order valence-electron chi connectivity index (χ2n) is 4.89. The van der Waals surface area contributed by atoms with Gasteiger partial charge in [0, 0.05) is 18.7 Å². The number of nitrogens with one attached hydrogen (secondary N) is 1. The van der Waals surface area contributed by atoms with Crippen LogP contribution in [0.5, 0.6) is 0 Å². The van der Waals surface area contributed by atoms with Crippen molar-refractivity contribution in [1.29, 1.82) is 0 Å². The zero-order valence-corrected chi connectivity index (χ0v) is 10.7. The van der Waals surface area contributed by atoms with E-state index < -0.39 is 0 Å². The molecule has 0 bridgehead atoms. The zero-order chi connectivity index (χ0) is 11.9. The smallest absolute Gasteiger partial charge is 0.148 e. The molecule has 3 nitrogen and oxygen atoms in total. The van der Waals surface area contributed by atoms with Gasteiger partial charge in [-0.05, 0) is 25.3 Å². The summed E-state index contributed by atoms with van der Waals surface area (Å²) in [7, 11) is 0. The van der Waals surface area contributed by atoms with Gasteiger partial charge in [-0.25, -0.2) is 9.98 Å². The van der Waals surface area contributed by atoms with Gasteiger partial charge >= 0.3 is 0 Å². The number of unbranched alkanes of at least 4 members (excludes halogenated alkanes) is 1. The summed E-state index contributed by atoms with van der Waals surface area (Å²) in [6.45, 7) is 2.18. The van der Waals surface area contributed by atoms with Crippen LogP contribution < -0.4 is 5.32 Å². The summed E-state index contributed by atoms with van der Waals surface area (Å²) in [6.07, 6.45) is 15.0.